The molecule has 0 amide bonds. The van der Waals surface area contributed by atoms with Gasteiger partial charge in [-0.1, -0.05) is 0 Å². The highest BCUT2D eigenvalue weighted by atomic mass is 32.2. The van der Waals surface area contributed by atoms with E-state index in [2.05, 4.69) is 0 Å². The number of nitrogens with zero attached hydrogens (tertiary/aromatic N) is 3. The first-order chi connectivity index (χ1) is 7.15. The van der Waals surface area contributed by atoms with E-state index in [4.69, 9.17) is 0 Å². The molecule has 1 rings (SSSR count). The maximum absolute atomic E-state index is 11.7. The molecule has 1 aliphatic rings. The van der Waals surface area contributed by atoms with Crippen molar-refractivity contribution in [3.05, 3.63) is 0 Å². The quantitative estimate of drug-likeness (QED) is 0.617. The van der Waals surface area contributed by atoms with Gasteiger partial charge in [0.2, 0.25) is 10.0 Å². The third kappa shape index (κ3) is 2.92. The molecule has 0 atom stereocenters. The average Bonchev–Trinajstić information content (AvgIpc) is 2.16. The highest BCUT2D eigenvalue weighted by molar-refractivity contribution is 7.88. The second-order valence-corrected chi connectivity index (χ2v) is 7.98. The molecule has 0 radical (unpaired) electrons. The van der Waals surface area contributed by atoms with Crippen molar-refractivity contribution in [1.29, 1.82) is 0 Å². The van der Waals surface area contributed by atoms with Gasteiger partial charge in [0.1, 0.15) is 0 Å². The number of rotatable bonds is 3. The average molecular weight is 271 g/mol. The molecule has 0 aromatic carbocycles. The van der Waals surface area contributed by atoms with Crippen molar-refractivity contribution in [2.75, 3.05) is 46.5 Å². The van der Waals surface area contributed by atoms with Crippen molar-refractivity contribution >= 4 is 20.2 Å². The zero-order valence-corrected chi connectivity index (χ0v) is 11.3. The van der Waals surface area contributed by atoms with E-state index >= 15 is 0 Å². The van der Waals surface area contributed by atoms with Crippen LogP contribution in [0, 0.1) is 0 Å². The Morgan fingerprint density at radius 2 is 1.25 bits per heavy atom. The third-order valence-electron chi connectivity index (χ3n) is 2.45. The maximum atomic E-state index is 11.7. The third-order valence-corrected chi connectivity index (χ3v) is 5.70. The minimum atomic E-state index is -3.42. The molecule has 0 spiro atoms. The summed E-state index contributed by atoms with van der Waals surface area (Å²) in [5, 5.41) is 0. The van der Waals surface area contributed by atoms with Crippen LogP contribution in [-0.4, -0.2) is 76.3 Å². The Bertz CT molecular complexity index is 434. The Morgan fingerprint density at radius 1 is 0.875 bits per heavy atom. The van der Waals surface area contributed by atoms with Gasteiger partial charge in [0.25, 0.3) is 10.2 Å². The lowest BCUT2D eigenvalue weighted by atomic mass is 10.4. The molecule has 16 heavy (non-hydrogen) atoms. The minimum absolute atomic E-state index is 0.202. The van der Waals surface area contributed by atoms with Crippen molar-refractivity contribution < 1.29 is 16.8 Å². The molecule has 0 aliphatic carbocycles. The smallest absolute Gasteiger partial charge is 0.213 e. The zero-order chi connectivity index (χ0) is 12.6. The minimum Gasteiger partial charge on any atom is -0.213 e. The molecule has 0 aromatic rings. The summed E-state index contributed by atoms with van der Waals surface area (Å²) in [7, 11) is -3.73. The van der Waals surface area contributed by atoms with Gasteiger partial charge in [-0.25, -0.2) is 8.42 Å². The lowest BCUT2D eigenvalue weighted by Gasteiger charge is -2.33. The van der Waals surface area contributed by atoms with Crippen LogP contribution in [0.3, 0.4) is 0 Å². The van der Waals surface area contributed by atoms with Crippen molar-refractivity contribution in [1.82, 2.24) is 12.9 Å². The van der Waals surface area contributed by atoms with E-state index in [0.717, 1.165) is 10.6 Å². The molecule has 0 aromatic heterocycles. The van der Waals surface area contributed by atoms with Crippen LogP contribution < -0.4 is 0 Å². The van der Waals surface area contributed by atoms with E-state index in [-0.39, 0.29) is 26.2 Å². The summed E-state index contributed by atoms with van der Waals surface area (Å²) in [4.78, 5) is 0. The molecule has 96 valence electrons. The monoisotopic (exact) mass is 271 g/mol. The highest BCUT2D eigenvalue weighted by Crippen LogP contribution is 2.11. The largest absolute Gasteiger partial charge is 0.281 e. The van der Waals surface area contributed by atoms with Gasteiger partial charge in [0.05, 0.1) is 6.26 Å². The summed E-state index contributed by atoms with van der Waals surface area (Å²) in [6, 6.07) is 0. The molecule has 0 saturated carbocycles. The Hall–Kier alpha value is -0.220. The van der Waals surface area contributed by atoms with Crippen LogP contribution >= 0.6 is 0 Å². The highest BCUT2D eigenvalue weighted by Gasteiger charge is 2.31. The van der Waals surface area contributed by atoms with Gasteiger partial charge in [-0.05, 0) is 0 Å². The number of hydrogen-bond donors (Lipinski definition) is 0. The van der Waals surface area contributed by atoms with Gasteiger partial charge in [-0.2, -0.15) is 21.3 Å². The predicted octanol–water partition coefficient (Wildman–Crippen LogP) is -1.63. The Balaban J connectivity index is 2.70. The predicted molar refractivity (Wildman–Crippen MR) is 60.6 cm³/mol. The number of sulfonamides is 1. The summed E-state index contributed by atoms with van der Waals surface area (Å²) >= 11 is 0. The van der Waals surface area contributed by atoms with Crippen LogP contribution in [0.4, 0.5) is 0 Å². The van der Waals surface area contributed by atoms with Crippen molar-refractivity contribution in [3.63, 3.8) is 0 Å². The van der Waals surface area contributed by atoms with Gasteiger partial charge in [-0.15, -0.1) is 0 Å². The first-order valence-electron chi connectivity index (χ1n) is 4.78. The fraction of sp³-hybridized carbons (Fsp3) is 1.00. The van der Waals surface area contributed by atoms with Crippen molar-refractivity contribution in [3.8, 4) is 0 Å². The second kappa shape index (κ2) is 4.57. The first kappa shape index (κ1) is 13.8. The lowest BCUT2D eigenvalue weighted by Crippen LogP contribution is -2.52. The van der Waals surface area contributed by atoms with Crippen molar-refractivity contribution in [2.24, 2.45) is 0 Å². The molecular weight excluding hydrogens is 254 g/mol. The van der Waals surface area contributed by atoms with Crippen LogP contribution in [0.5, 0.6) is 0 Å². The van der Waals surface area contributed by atoms with Crippen molar-refractivity contribution in [2.45, 2.75) is 0 Å². The molecule has 0 N–H and O–H groups in total. The summed E-state index contributed by atoms with van der Waals surface area (Å²) in [5.41, 5.74) is 0. The van der Waals surface area contributed by atoms with Crippen LogP contribution in [0.25, 0.3) is 0 Å². The summed E-state index contributed by atoms with van der Waals surface area (Å²) in [5.74, 6) is 0. The summed E-state index contributed by atoms with van der Waals surface area (Å²) in [6.45, 7) is 0.832. The summed E-state index contributed by atoms with van der Waals surface area (Å²) in [6.07, 6.45) is 1.13. The second-order valence-electron chi connectivity index (χ2n) is 3.85. The van der Waals surface area contributed by atoms with Gasteiger partial charge >= 0.3 is 0 Å². The Labute approximate surface area is 96.9 Å². The van der Waals surface area contributed by atoms with Gasteiger partial charge in [0.15, 0.2) is 0 Å². The first-order valence-corrected chi connectivity index (χ1v) is 8.03. The van der Waals surface area contributed by atoms with Crippen LogP contribution in [0.15, 0.2) is 0 Å². The Morgan fingerprint density at radius 3 is 1.56 bits per heavy atom. The molecule has 9 heteroatoms. The molecule has 1 heterocycles. The Kier molecular flexibility index (Phi) is 3.95. The number of piperazine rings is 1. The van der Waals surface area contributed by atoms with Gasteiger partial charge in [0, 0.05) is 40.3 Å². The molecule has 0 bridgehead atoms. The van der Waals surface area contributed by atoms with E-state index in [1.165, 1.54) is 22.7 Å². The fourth-order valence-electron chi connectivity index (χ4n) is 1.46. The molecule has 1 fully saturated rings. The lowest BCUT2D eigenvalue weighted by molar-refractivity contribution is 0.263. The normalized spacial score (nSPS) is 21.5. The van der Waals surface area contributed by atoms with Crippen LogP contribution in [0.2, 0.25) is 0 Å². The van der Waals surface area contributed by atoms with Crippen LogP contribution in [-0.2, 0) is 20.2 Å². The molecule has 7 nitrogen and oxygen atoms in total. The van der Waals surface area contributed by atoms with E-state index in [9.17, 15) is 16.8 Å². The molecule has 1 saturated heterocycles. The molecule has 1 aliphatic heterocycles. The molecule has 0 unspecified atom stereocenters. The van der Waals surface area contributed by atoms with E-state index in [0.29, 0.717) is 0 Å². The van der Waals surface area contributed by atoms with E-state index < -0.39 is 20.2 Å². The summed E-state index contributed by atoms with van der Waals surface area (Å²) < 4.78 is 49.6. The van der Waals surface area contributed by atoms with E-state index in [1.54, 1.807) is 0 Å². The molecular formula is C7H17N3O4S2. The fourth-order valence-corrected chi connectivity index (χ4v) is 3.38. The topological polar surface area (TPSA) is 78.0 Å². The van der Waals surface area contributed by atoms with Gasteiger partial charge in [-0.3, -0.25) is 0 Å². The van der Waals surface area contributed by atoms with Crippen LogP contribution in [0.1, 0.15) is 0 Å². The standard InChI is InChI=1S/C7H17N3O4S2/c1-8(2)16(13,14)10-6-4-9(5-7-10)15(3,11)12/h4-7H2,1-3H3. The maximum Gasteiger partial charge on any atom is 0.281 e. The van der Waals surface area contributed by atoms with Gasteiger partial charge < -0.3 is 0 Å². The van der Waals surface area contributed by atoms with E-state index in [1.807, 2.05) is 0 Å². The zero-order valence-electron chi connectivity index (χ0n) is 9.62. The SMILES string of the molecule is CN(C)S(=O)(=O)N1CCN(S(C)(=O)=O)CC1. The number of hydrogen-bond acceptors (Lipinski definition) is 4.